The Morgan fingerprint density at radius 1 is 1.11 bits per heavy atom. The summed E-state index contributed by atoms with van der Waals surface area (Å²) in [6.07, 6.45) is 6.14. The van der Waals surface area contributed by atoms with Gasteiger partial charge in [-0.05, 0) is 87.2 Å². The highest BCUT2D eigenvalue weighted by Gasteiger charge is 2.34. The summed E-state index contributed by atoms with van der Waals surface area (Å²) in [6.45, 7) is 2.05. The van der Waals surface area contributed by atoms with Gasteiger partial charge in [0.15, 0.2) is 0 Å². The number of likely N-dealkylation sites (tertiary alicyclic amines) is 1. The number of ether oxygens (including phenoxy) is 1. The number of rotatable bonds is 7. The zero-order valence-corrected chi connectivity index (χ0v) is 21.5. The number of aromatic nitrogens is 3. The number of fused-ring (bicyclic) bond motifs is 1. The summed E-state index contributed by atoms with van der Waals surface area (Å²) in [5, 5.41) is 12.3. The first-order valence-electron chi connectivity index (χ1n) is 12.9. The molecule has 1 saturated carbocycles. The van der Waals surface area contributed by atoms with E-state index in [4.69, 9.17) is 16.3 Å². The van der Waals surface area contributed by atoms with Crippen molar-refractivity contribution in [1.29, 1.82) is 0 Å². The van der Waals surface area contributed by atoms with Crippen LogP contribution in [-0.2, 0) is 0 Å². The van der Waals surface area contributed by atoms with Crippen LogP contribution in [0.25, 0.3) is 22.2 Å². The third kappa shape index (κ3) is 5.20. The van der Waals surface area contributed by atoms with Crippen LogP contribution in [0.4, 0.5) is 0 Å². The van der Waals surface area contributed by atoms with Crippen molar-refractivity contribution in [1.82, 2.24) is 25.4 Å². The van der Waals surface area contributed by atoms with Crippen molar-refractivity contribution in [2.24, 2.45) is 5.92 Å². The molecule has 0 bridgehead atoms. The number of amides is 1. The lowest BCUT2D eigenvalue weighted by Crippen LogP contribution is -2.35. The first-order valence-corrected chi connectivity index (χ1v) is 13.3. The average molecular weight is 516 g/mol. The number of piperidine rings is 1. The molecule has 1 atom stereocenters. The topological polar surface area (TPSA) is 83.1 Å². The molecule has 2 aliphatic rings. The second-order valence-electron chi connectivity index (χ2n) is 10.1. The Kier molecular flexibility index (Phi) is 6.57. The molecule has 2 aromatic carbocycles. The Hall–Kier alpha value is -3.42. The van der Waals surface area contributed by atoms with E-state index in [0.29, 0.717) is 22.3 Å². The molecular formula is C29H30ClN5O2. The summed E-state index contributed by atoms with van der Waals surface area (Å²) in [6, 6.07) is 17.1. The van der Waals surface area contributed by atoms with E-state index in [-0.39, 0.29) is 18.1 Å². The third-order valence-electron chi connectivity index (χ3n) is 7.38. The molecule has 2 fully saturated rings. The van der Waals surface area contributed by atoms with Gasteiger partial charge in [-0.25, -0.2) is 0 Å². The minimum atomic E-state index is -0.114. The molecule has 2 N–H and O–H groups in total. The lowest BCUT2D eigenvalue weighted by atomic mass is 10.0. The van der Waals surface area contributed by atoms with Crippen molar-refractivity contribution < 1.29 is 9.53 Å². The summed E-state index contributed by atoms with van der Waals surface area (Å²) >= 11 is 6.63. The molecule has 8 heteroatoms. The number of hydrogen-bond acceptors (Lipinski definition) is 5. The van der Waals surface area contributed by atoms with Crippen molar-refractivity contribution in [2.45, 2.75) is 37.8 Å². The smallest absolute Gasteiger partial charge is 0.251 e. The molecule has 0 spiro atoms. The number of nitrogens with one attached hydrogen (secondary N) is 2. The highest BCUT2D eigenvalue weighted by molar-refractivity contribution is 6.32. The number of carbonyl (C=O) groups is 1. The molecule has 1 amide bonds. The predicted octanol–water partition coefficient (Wildman–Crippen LogP) is 5.63. The fraction of sp³-hybridized carbons (Fsp3) is 0.345. The molecule has 1 aliphatic heterocycles. The predicted molar refractivity (Wildman–Crippen MR) is 145 cm³/mol. The molecule has 0 unspecified atom stereocenters. The summed E-state index contributed by atoms with van der Waals surface area (Å²) in [4.78, 5) is 20.1. The van der Waals surface area contributed by atoms with Crippen LogP contribution < -0.4 is 10.1 Å². The molecule has 1 aliphatic carbocycles. The maximum Gasteiger partial charge on any atom is 0.251 e. The third-order valence-corrected chi connectivity index (χ3v) is 7.67. The van der Waals surface area contributed by atoms with Gasteiger partial charge >= 0.3 is 0 Å². The number of carbonyl (C=O) groups excluding carboxylic acids is 1. The van der Waals surface area contributed by atoms with Crippen LogP contribution in [0.3, 0.4) is 0 Å². The maximum absolute atomic E-state index is 13.3. The van der Waals surface area contributed by atoms with Gasteiger partial charge in [0.25, 0.3) is 5.91 Å². The molecule has 0 radical (unpaired) electrons. The van der Waals surface area contributed by atoms with Crippen LogP contribution in [0.15, 0.2) is 60.8 Å². The number of H-pyrrole nitrogens is 1. The Bertz CT molecular complexity index is 1410. The largest absolute Gasteiger partial charge is 0.489 e. The van der Waals surface area contributed by atoms with Gasteiger partial charge < -0.3 is 15.0 Å². The fourth-order valence-corrected chi connectivity index (χ4v) is 5.27. The molecule has 37 heavy (non-hydrogen) atoms. The van der Waals surface area contributed by atoms with E-state index >= 15 is 0 Å². The Labute approximate surface area is 221 Å². The first kappa shape index (κ1) is 23.9. The van der Waals surface area contributed by atoms with Crippen LogP contribution >= 0.6 is 11.6 Å². The molecule has 190 valence electrons. The van der Waals surface area contributed by atoms with E-state index in [1.807, 2.05) is 54.6 Å². The van der Waals surface area contributed by atoms with Crippen molar-refractivity contribution in [3.8, 4) is 17.0 Å². The minimum absolute atomic E-state index is 0.0795. The molecule has 6 rings (SSSR count). The molecule has 3 heterocycles. The van der Waals surface area contributed by atoms with Crippen molar-refractivity contribution >= 4 is 28.4 Å². The SMILES string of the molecule is CN1CCC(Oc2ccc(-c3n[nH]c4ccc(C(=O)N[C@@H](c5ccccn5)C5CC5)cc34)cc2Cl)CC1. The Morgan fingerprint density at radius 3 is 2.68 bits per heavy atom. The fourth-order valence-electron chi connectivity index (χ4n) is 5.05. The van der Waals surface area contributed by atoms with E-state index in [1.54, 1.807) is 6.20 Å². The quantitative estimate of drug-likeness (QED) is 0.333. The van der Waals surface area contributed by atoms with Gasteiger partial charge in [0.2, 0.25) is 0 Å². The standard InChI is InChI=1S/C29H30ClN5O2/c1-35-14-11-21(12-15-35)37-26-10-8-19(17-23(26)30)27-22-16-20(7-9-24(22)33-34-27)29(36)32-28(18-5-6-18)25-4-2-3-13-31-25/h2-4,7-10,13,16-18,21,28H,5-6,11-12,14-15H2,1H3,(H,32,36)(H,33,34)/t28-/m1/s1. The summed E-state index contributed by atoms with van der Waals surface area (Å²) in [7, 11) is 2.13. The lowest BCUT2D eigenvalue weighted by molar-refractivity contribution is 0.0931. The van der Waals surface area contributed by atoms with Crippen molar-refractivity contribution in [2.75, 3.05) is 20.1 Å². The van der Waals surface area contributed by atoms with Crippen LogP contribution in [0.5, 0.6) is 5.75 Å². The molecular weight excluding hydrogens is 486 g/mol. The van der Waals surface area contributed by atoms with Gasteiger partial charge in [0.1, 0.15) is 11.9 Å². The highest BCUT2D eigenvalue weighted by atomic mass is 35.5. The average Bonchev–Trinajstić information content (AvgIpc) is 3.68. The molecule has 7 nitrogen and oxygen atoms in total. The van der Waals surface area contributed by atoms with Gasteiger partial charge in [0.05, 0.1) is 28.0 Å². The monoisotopic (exact) mass is 515 g/mol. The van der Waals surface area contributed by atoms with Crippen LogP contribution in [0.2, 0.25) is 5.02 Å². The number of pyridine rings is 1. The molecule has 1 saturated heterocycles. The van der Waals surface area contributed by atoms with E-state index in [9.17, 15) is 4.79 Å². The van der Waals surface area contributed by atoms with Gasteiger partial charge in [0, 0.05) is 35.8 Å². The number of nitrogens with zero attached hydrogens (tertiary/aromatic N) is 3. The van der Waals surface area contributed by atoms with E-state index in [1.165, 1.54) is 0 Å². The Balaban J connectivity index is 1.23. The van der Waals surface area contributed by atoms with Crippen LogP contribution in [0.1, 0.15) is 47.8 Å². The van der Waals surface area contributed by atoms with E-state index in [2.05, 4.69) is 32.4 Å². The summed E-state index contributed by atoms with van der Waals surface area (Å²) in [5.41, 5.74) is 3.97. The van der Waals surface area contributed by atoms with E-state index < -0.39 is 0 Å². The minimum Gasteiger partial charge on any atom is -0.489 e. The second-order valence-corrected chi connectivity index (χ2v) is 10.5. The van der Waals surface area contributed by atoms with Crippen LogP contribution in [-0.4, -0.2) is 52.2 Å². The van der Waals surface area contributed by atoms with Gasteiger partial charge in [-0.15, -0.1) is 0 Å². The number of hydrogen-bond donors (Lipinski definition) is 2. The van der Waals surface area contributed by atoms with Gasteiger partial charge in [-0.3, -0.25) is 14.9 Å². The van der Waals surface area contributed by atoms with Crippen molar-refractivity contribution in [3.63, 3.8) is 0 Å². The lowest BCUT2D eigenvalue weighted by Gasteiger charge is -2.29. The van der Waals surface area contributed by atoms with Gasteiger partial charge in [-0.1, -0.05) is 17.7 Å². The first-order chi connectivity index (χ1) is 18.0. The second kappa shape index (κ2) is 10.1. The van der Waals surface area contributed by atoms with Crippen LogP contribution in [0, 0.1) is 5.92 Å². The molecule has 2 aromatic heterocycles. The normalized spacial score (nSPS) is 17.6. The van der Waals surface area contributed by atoms with E-state index in [0.717, 1.165) is 66.6 Å². The Morgan fingerprint density at radius 2 is 1.95 bits per heavy atom. The number of aromatic amines is 1. The van der Waals surface area contributed by atoms with Gasteiger partial charge in [-0.2, -0.15) is 5.10 Å². The summed E-state index contributed by atoms with van der Waals surface area (Å²) in [5.74, 6) is 1.02. The summed E-state index contributed by atoms with van der Waals surface area (Å²) < 4.78 is 6.20. The zero-order valence-electron chi connectivity index (χ0n) is 20.8. The highest BCUT2D eigenvalue weighted by Crippen LogP contribution is 2.40. The number of halogens is 1. The number of benzene rings is 2. The maximum atomic E-state index is 13.3. The zero-order chi connectivity index (χ0) is 25.4. The molecule has 4 aromatic rings. The van der Waals surface area contributed by atoms with Crippen molar-refractivity contribution in [3.05, 3.63) is 77.1 Å².